The summed E-state index contributed by atoms with van der Waals surface area (Å²) >= 11 is 0. The topological polar surface area (TPSA) is 38.7 Å². The summed E-state index contributed by atoms with van der Waals surface area (Å²) in [6.45, 7) is 6.26. The highest BCUT2D eigenvalue weighted by Gasteiger charge is 2.40. The van der Waals surface area contributed by atoms with E-state index in [1.807, 2.05) is 6.07 Å². The van der Waals surface area contributed by atoms with Gasteiger partial charge < -0.3 is 14.6 Å². The molecule has 1 aromatic carbocycles. The van der Waals surface area contributed by atoms with Gasteiger partial charge >= 0.3 is 0 Å². The van der Waals surface area contributed by atoms with Crippen LogP contribution in [0, 0.1) is 0 Å². The van der Waals surface area contributed by atoms with Crippen LogP contribution in [0.5, 0.6) is 11.5 Å². The second kappa shape index (κ2) is 3.89. The van der Waals surface area contributed by atoms with Crippen LogP contribution in [0.3, 0.4) is 0 Å². The molecular formula is C15H20O3. The number of fused-ring (bicyclic) bond motifs is 3. The van der Waals surface area contributed by atoms with E-state index in [9.17, 15) is 5.11 Å². The van der Waals surface area contributed by atoms with Crippen LogP contribution < -0.4 is 9.47 Å². The zero-order chi connectivity index (χ0) is 12.9. The minimum atomic E-state index is -0.516. The van der Waals surface area contributed by atoms with Gasteiger partial charge in [-0.2, -0.15) is 0 Å². The second-order valence-electron chi connectivity index (χ2n) is 5.90. The van der Waals surface area contributed by atoms with Crippen molar-refractivity contribution in [2.75, 3.05) is 0 Å². The van der Waals surface area contributed by atoms with Gasteiger partial charge in [-0.25, -0.2) is 0 Å². The quantitative estimate of drug-likeness (QED) is 0.874. The van der Waals surface area contributed by atoms with Crippen LogP contribution in [-0.4, -0.2) is 16.8 Å². The van der Waals surface area contributed by atoms with Crippen molar-refractivity contribution in [3.63, 3.8) is 0 Å². The molecule has 18 heavy (non-hydrogen) atoms. The Morgan fingerprint density at radius 2 is 2.11 bits per heavy atom. The van der Waals surface area contributed by atoms with Crippen LogP contribution in [-0.2, 0) is 6.42 Å². The summed E-state index contributed by atoms with van der Waals surface area (Å²) < 4.78 is 11.9. The van der Waals surface area contributed by atoms with E-state index in [1.54, 1.807) is 0 Å². The fraction of sp³-hybridized carbons (Fsp3) is 0.600. The lowest BCUT2D eigenvalue weighted by Gasteiger charge is -2.18. The average Bonchev–Trinajstić information content (AvgIpc) is 2.77. The van der Waals surface area contributed by atoms with Gasteiger partial charge in [0, 0.05) is 17.5 Å². The molecule has 2 heterocycles. The Kier molecular flexibility index (Phi) is 2.56. The molecule has 0 saturated carbocycles. The molecule has 2 unspecified atom stereocenters. The van der Waals surface area contributed by atoms with Crippen molar-refractivity contribution in [3.8, 4) is 11.5 Å². The highest BCUT2D eigenvalue weighted by Crippen LogP contribution is 2.50. The lowest BCUT2D eigenvalue weighted by molar-refractivity contribution is 0.0586. The van der Waals surface area contributed by atoms with Gasteiger partial charge in [0.05, 0.1) is 0 Å². The van der Waals surface area contributed by atoms with E-state index in [4.69, 9.17) is 9.47 Å². The van der Waals surface area contributed by atoms with E-state index >= 15 is 0 Å². The number of hydrogen-bond donors (Lipinski definition) is 1. The van der Waals surface area contributed by atoms with Crippen LogP contribution in [0.25, 0.3) is 0 Å². The van der Waals surface area contributed by atoms with E-state index in [0.29, 0.717) is 0 Å². The number of benzene rings is 1. The van der Waals surface area contributed by atoms with Gasteiger partial charge in [0.1, 0.15) is 17.8 Å². The minimum absolute atomic E-state index is 0.121. The number of ether oxygens (including phenoxy) is 2. The molecule has 1 N–H and O–H groups in total. The van der Waals surface area contributed by atoms with Crippen molar-refractivity contribution in [1.82, 2.24) is 0 Å². The summed E-state index contributed by atoms with van der Waals surface area (Å²) in [7, 11) is 0. The lowest BCUT2D eigenvalue weighted by atomic mass is 9.98. The molecule has 0 bridgehead atoms. The molecule has 0 spiro atoms. The zero-order valence-electron chi connectivity index (χ0n) is 11.2. The van der Waals surface area contributed by atoms with Gasteiger partial charge in [0.2, 0.25) is 0 Å². The number of aliphatic hydroxyl groups is 1. The molecule has 2 atom stereocenters. The fourth-order valence-corrected chi connectivity index (χ4v) is 2.91. The van der Waals surface area contributed by atoms with E-state index < -0.39 is 6.10 Å². The molecule has 1 aromatic rings. The molecule has 2 aliphatic heterocycles. The Bertz CT molecular complexity index is 479. The monoisotopic (exact) mass is 248 g/mol. The van der Waals surface area contributed by atoms with Crippen LogP contribution in [0.4, 0.5) is 0 Å². The standard InChI is InChI=1S/C15H20O3/c1-4-5-11-12(16)10-7-6-9-8-15(2,3)18-13(9)14(10)17-11/h6-7,11-12,16H,4-5,8H2,1-3H3. The van der Waals surface area contributed by atoms with E-state index in [-0.39, 0.29) is 11.7 Å². The first-order valence-corrected chi connectivity index (χ1v) is 6.71. The maximum absolute atomic E-state index is 10.3. The normalized spacial score (nSPS) is 27.3. The van der Waals surface area contributed by atoms with Crippen molar-refractivity contribution in [1.29, 1.82) is 0 Å². The van der Waals surface area contributed by atoms with Crippen LogP contribution in [0.1, 0.15) is 50.8 Å². The summed E-state index contributed by atoms with van der Waals surface area (Å²) in [6.07, 6.45) is 2.13. The molecule has 98 valence electrons. The number of hydrogen-bond acceptors (Lipinski definition) is 3. The number of rotatable bonds is 2. The maximum atomic E-state index is 10.3. The third kappa shape index (κ3) is 1.69. The van der Waals surface area contributed by atoms with Crippen LogP contribution in [0.2, 0.25) is 0 Å². The Labute approximate surface area is 108 Å². The largest absolute Gasteiger partial charge is 0.483 e. The first kappa shape index (κ1) is 11.8. The molecule has 0 amide bonds. The Morgan fingerprint density at radius 1 is 1.33 bits per heavy atom. The highest BCUT2D eigenvalue weighted by molar-refractivity contribution is 5.57. The first-order chi connectivity index (χ1) is 8.52. The summed E-state index contributed by atoms with van der Waals surface area (Å²) in [4.78, 5) is 0. The van der Waals surface area contributed by atoms with Crippen molar-refractivity contribution >= 4 is 0 Å². The van der Waals surface area contributed by atoms with Gasteiger partial charge in [0.15, 0.2) is 11.5 Å². The van der Waals surface area contributed by atoms with E-state index in [2.05, 4.69) is 26.8 Å². The van der Waals surface area contributed by atoms with Gasteiger partial charge in [-0.1, -0.05) is 25.5 Å². The van der Waals surface area contributed by atoms with E-state index in [0.717, 1.165) is 36.3 Å². The smallest absolute Gasteiger partial charge is 0.168 e. The van der Waals surface area contributed by atoms with Gasteiger partial charge in [-0.15, -0.1) is 0 Å². The predicted octanol–water partition coefficient (Wildman–Crippen LogP) is 2.99. The molecule has 0 radical (unpaired) electrons. The highest BCUT2D eigenvalue weighted by atomic mass is 16.6. The second-order valence-corrected chi connectivity index (χ2v) is 5.90. The predicted molar refractivity (Wildman–Crippen MR) is 69.1 cm³/mol. The molecule has 3 nitrogen and oxygen atoms in total. The maximum Gasteiger partial charge on any atom is 0.168 e. The Morgan fingerprint density at radius 3 is 2.83 bits per heavy atom. The van der Waals surface area contributed by atoms with Crippen molar-refractivity contribution in [2.24, 2.45) is 0 Å². The Balaban J connectivity index is 1.99. The molecule has 0 aliphatic carbocycles. The summed E-state index contributed by atoms with van der Waals surface area (Å²) in [5, 5.41) is 10.3. The minimum Gasteiger partial charge on any atom is -0.483 e. The van der Waals surface area contributed by atoms with Crippen LogP contribution >= 0.6 is 0 Å². The lowest BCUT2D eigenvalue weighted by Crippen LogP contribution is -2.24. The van der Waals surface area contributed by atoms with Crippen molar-refractivity contribution in [2.45, 2.75) is 57.8 Å². The molecule has 2 aliphatic rings. The van der Waals surface area contributed by atoms with Gasteiger partial charge in [0.25, 0.3) is 0 Å². The summed E-state index contributed by atoms with van der Waals surface area (Å²) in [6, 6.07) is 4.04. The molecule has 3 heteroatoms. The first-order valence-electron chi connectivity index (χ1n) is 6.71. The summed E-state index contributed by atoms with van der Waals surface area (Å²) in [5.74, 6) is 1.61. The molecule has 0 fully saturated rings. The third-order valence-electron chi connectivity index (χ3n) is 3.73. The average molecular weight is 248 g/mol. The van der Waals surface area contributed by atoms with Gasteiger partial charge in [-0.05, 0) is 20.3 Å². The summed E-state index contributed by atoms with van der Waals surface area (Å²) in [5.41, 5.74) is 1.89. The van der Waals surface area contributed by atoms with Crippen molar-refractivity contribution < 1.29 is 14.6 Å². The molecule has 0 saturated heterocycles. The molecule has 3 rings (SSSR count). The zero-order valence-corrected chi connectivity index (χ0v) is 11.2. The van der Waals surface area contributed by atoms with Gasteiger partial charge in [-0.3, -0.25) is 0 Å². The molecule has 0 aromatic heterocycles. The van der Waals surface area contributed by atoms with E-state index in [1.165, 1.54) is 5.56 Å². The fourth-order valence-electron chi connectivity index (χ4n) is 2.91. The van der Waals surface area contributed by atoms with Crippen LogP contribution in [0.15, 0.2) is 12.1 Å². The SMILES string of the molecule is CCCC1Oc2c(ccc3c2OC(C)(C)C3)C1O. The molecular weight excluding hydrogens is 228 g/mol. The number of aliphatic hydroxyl groups excluding tert-OH is 1. The van der Waals surface area contributed by atoms with Crippen molar-refractivity contribution in [3.05, 3.63) is 23.3 Å². The Hall–Kier alpha value is -1.22. The third-order valence-corrected chi connectivity index (χ3v) is 3.73.